The van der Waals surface area contributed by atoms with Crippen molar-refractivity contribution in [2.75, 3.05) is 0 Å². The normalized spacial score (nSPS) is 10.5. The summed E-state index contributed by atoms with van der Waals surface area (Å²) in [4.78, 5) is 3.93. The standard InChI is InChI=1S/C8H13N3/c1-3-7(4-2)8-5-9-6-10-11-8/h5-7H,3-4H2,1-2H3. The van der Waals surface area contributed by atoms with E-state index in [2.05, 4.69) is 29.0 Å². The van der Waals surface area contributed by atoms with Crippen molar-refractivity contribution in [2.45, 2.75) is 32.6 Å². The Morgan fingerprint density at radius 1 is 1.36 bits per heavy atom. The lowest BCUT2D eigenvalue weighted by Crippen LogP contribution is -2.00. The van der Waals surface area contributed by atoms with E-state index >= 15 is 0 Å². The molecule has 0 saturated heterocycles. The van der Waals surface area contributed by atoms with Crippen LogP contribution in [0.3, 0.4) is 0 Å². The molecule has 1 aromatic rings. The summed E-state index contributed by atoms with van der Waals surface area (Å²) < 4.78 is 0. The molecule has 0 aliphatic carbocycles. The number of aromatic nitrogens is 3. The van der Waals surface area contributed by atoms with Gasteiger partial charge < -0.3 is 0 Å². The van der Waals surface area contributed by atoms with E-state index in [-0.39, 0.29) is 0 Å². The lowest BCUT2D eigenvalue weighted by molar-refractivity contribution is 0.607. The molecule has 0 N–H and O–H groups in total. The SMILES string of the molecule is CCC(CC)c1cncnn1. The van der Waals surface area contributed by atoms with Crippen molar-refractivity contribution in [1.29, 1.82) is 0 Å². The van der Waals surface area contributed by atoms with Crippen LogP contribution in [0.1, 0.15) is 38.3 Å². The van der Waals surface area contributed by atoms with E-state index in [4.69, 9.17) is 0 Å². The first-order chi connectivity index (χ1) is 5.38. The minimum Gasteiger partial charge on any atom is -0.241 e. The van der Waals surface area contributed by atoms with Crippen LogP contribution in [-0.4, -0.2) is 15.2 Å². The molecule has 1 rings (SSSR count). The van der Waals surface area contributed by atoms with Crippen molar-refractivity contribution >= 4 is 0 Å². The van der Waals surface area contributed by atoms with Gasteiger partial charge in [-0.05, 0) is 12.8 Å². The monoisotopic (exact) mass is 151 g/mol. The molecule has 11 heavy (non-hydrogen) atoms. The van der Waals surface area contributed by atoms with Crippen molar-refractivity contribution in [1.82, 2.24) is 15.2 Å². The van der Waals surface area contributed by atoms with Crippen LogP contribution in [0, 0.1) is 0 Å². The average molecular weight is 151 g/mol. The number of nitrogens with zero attached hydrogens (tertiary/aromatic N) is 3. The average Bonchev–Trinajstić information content (AvgIpc) is 2.09. The highest BCUT2D eigenvalue weighted by Crippen LogP contribution is 2.18. The molecule has 0 aliphatic rings. The van der Waals surface area contributed by atoms with Crippen molar-refractivity contribution in [3.05, 3.63) is 18.2 Å². The summed E-state index contributed by atoms with van der Waals surface area (Å²) in [5.41, 5.74) is 1.01. The van der Waals surface area contributed by atoms with E-state index < -0.39 is 0 Å². The molecule has 3 heteroatoms. The zero-order valence-electron chi connectivity index (χ0n) is 6.99. The van der Waals surface area contributed by atoms with Crippen LogP contribution in [-0.2, 0) is 0 Å². The highest BCUT2D eigenvalue weighted by molar-refractivity contribution is 4.99. The Bertz CT molecular complexity index is 194. The summed E-state index contributed by atoms with van der Waals surface area (Å²) in [7, 11) is 0. The molecule has 60 valence electrons. The Labute approximate surface area is 66.9 Å². The molecule has 0 unspecified atom stereocenters. The van der Waals surface area contributed by atoms with Gasteiger partial charge in [0.05, 0.1) is 11.9 Å². The number of hydrogen-bond acceptors (Lipinski definition) is 3. The van der Waals surface area contributed by atoms with Crippen LogP contribution in [0.25, 0.3) is 0 Å². The molecule has 0 radical (unpaired) electrons. The first kappa shape index (κ1) is 8.11. The summed E-state index contributed by atoms with van der Waals surface area (Å²) in [5, 5.41) is 7.75. The highest BCUT2D eigenvalue weighted by Gasteiger charge is 2.07. The van der Waals surface area contributed by atoms with E-state index in [1.807, 2.05) is 0 Å². The van der Waals surface area contributed by atoms with Gasteiger partial charge in [0.2, 0.25) is 0 Å². The fraction of sp³-hybridized carbons (Fsp3) is 0.625. The molecule has 0 atom stereocenters. The lowest BCUT2D eigenvalue weighted by Gasteiger charge is -2.08. The van der Waals surface area contributed by atoms with Crippen LogP contribution in [0.2, 0.25) is 0 Å². The van der Waals surface area contributed by atoms with Crippen LogP contribution in [0.15, 0.2) is 12.5 Å². The molecule has 0 amide bonds. The van der Waals surface area contributed by atoms with Crippen molar-refractivity contribution in [3.8, 4) is 0 Å². The van der Waals surface area contributed by atoms with Gasteiger partial charge in [-0.1, -0.05) is 13.8 Å². The van der Waals surface area contributed by atoms with Gasteiger partial charge in [0.1, 0.15) is 6.33 Å². The molecule has 1 heterocycles. The first-order valence-corrected chi connectivity index (χ1v) is 4.01. The second-order valence-electron chi connectivity index (χ2n) is 2.55. The molecule has 1 aromatic heterocycles. The van der Waals surface area contributed by atoms with Crippen molar-refractivity contribution < 1.29 is 0 Å². The Hall–Kier alpha value is -0.990. The third kappa shape index (κ3) is 1.97. The molecule has 0 spiro atoms. The van der Waals surface area contributed by atoms with Crippen LogP contribution in [0.4, 0.5) is 0 Å². The van der Waals surface area contributed by atoms with Crippen LogP contribution in [0.5, 0.6) is 0 Å². The summed E-state index contributed by atoms with van der Waals surface area (Å²) in [6, 6.07) is 0. The van der Waals surface area contributed by atoms with Crippen LogP contribution < -0.4 is 0 Å². The Morgan fingerprint density at radius 2 is 2.09 bits per heavy atom. The van der Waals surface area contributed by atoms with Gasteiger partial charge in [-0.3, -0.25) is 0 Å². The molecule has 0 aromatic carbocycles. The maximum Gasteiger partial charge on any atom is 0.138 e. The Morgan fingerprint density at radius 3 is 2.55 bits per heavy atom. The maximum atomic E-state index is 4.01. The highest BCUT2D eigenvalue weighted by atomic mass is 15.1. The molecule has 0 bridgehead atoms. The minimum absolute atomic E-state index is 0.524. The summed E-state index contributed by atoms with van der Waals surface area (Å²) in [6.07, 6.45) is 5.48. The molecule has 0 fully saturated rings. The quantitative estimate of drug-likeness (QED) is 0.661. The largest absolute Gasteiger partial charge is 0.241 e. The third-order valence-electron chi connectivity index (χ3n) is 1.90. The van der Waals surface area contributed by atoms with Gasteiger partial charge >= 0.3 is 0 Å². The molecular weight excluding hydrogens is 138 g/mol. The fourth-order valence-corrected chi connectivity index (χ4v) is 1.15. The molecule has 3 nitrogen and oxygen atoms in total. The summed E-state index contributed by atoms with van der Waals surface area (Å²) in [5.74, 6) is 0.524. The number of hydrogen-bond donors (Lipinski definition) is 0. The summed E-state index contributed by atoms with van der Waals surface area (Å²) in [6.45, 7) is 4.31. The first-order valence-electron chi connectivity index (χ1n) is 4.01. The third-order valence-corrected chi connectivity index (χ3v) is 1.90. The van der Waals surface area contributed by atoms with Gasteiger partial charge in [0.15, 0.2) is 0 Å². The summed E-state index contributed by atoms with van der Waals surface area (Å²) >= 11 is 0. The van der Waals surface area contributed by atoms with E-state index in [9.17, 15) is 0 Å². The van der Waals surface area contributed by atoms with Gasteiger partial charge in [0.25, 0.3) is 0 Å². The Kier molecular flexibility index (Phi) is 2.95. The number of rotatable bonds is 3. The smallest absolute Gasteiger partial charge is 0.138 e. The minimum atomic E-state index is 0.524. The fourth-order valence-electron chi connectivity index (χ4n) is 1.15. The maximum absolute atomic E-state index is 4.01. The van der Waals surface area contributed by atoms with Gasteiger partial charge in [0, 0.05) is 5.92 Å². The molecule has 0 saturated carbocycles. The lowest BCUT2D eigenvalue weighted by atomic mass is 10.0. The molecular formula is C8H13N3. The van der Waals surface area contributed by atoms with Gasteiger partial charge in [-0.25, -0.2) is 4.98 Å². The zero-order valence-corrected chi connectivity index (χ0v) is 6.99. The van der Waals surface area contributed by atoms with Gasteiger partial charge in [-0.2, -0.15) is 5.10 Å². The topological polar surface area (TPSA) is 38.7 Å². The van der Waals surface area contributed by atoms with E-state index in [1.54, 1.807) is 6.20 Å². The van der Waals surface area contributed by atoms with Crippen molar-refractivity contribution in [3.63, 3.8) is 0 Å². The zero-order chi connectivity index (χ0) is 8.10. The van der Waals surface area contributed by atoms with Gasteiger partial charge in [-0.15, -0.1) is 5.10 Å². The Balaban J connectivity index is 2.74. The predicted molar refractivity (Wildman–Crippen MR) is 43.2 cm³/mol. The molecule has 0 aliphatic heterocycles. The second kappa shape index (κ2) is 4.01. The van der Waals surface area contributed by atoms with E-state index in [0.29, 0.717) is 5.92 Å². The van der Waals surface area contributed by atoms with Crippen molar-refractivity contribution in [2.24, 2.45) is 0 Å². The predicted octanol–water partition coefficient (Wildman–Crippen LogP) is 1.78. The van der Waals surface area contributed by atoms with Crippen LogP contribution >= 0.6 is 0 Å². The van der Waals surface area contributed by atoms with E-state index in [1.165, 1.54) is 6.33 Å². The second-order valence-corrected chi connectivity index (χ2v) is 2.55. The van der Waals surface area contributed by atoms with E-state index in [0.717, 1.165) is 18.5 Å².